The zero-order valence-electron chi connectivity index (χ0n) is 11.4. The van der Waals surface area contributed by atoms with E-state index < -0.39 is 24.1 Å². The Morgan fingerprint density at radius 3 is 2.06 bits per heavy atom. The molecule has 0 radical (unpaired) electrons. The summed E-state index contributed by atoms with van der Waals surface area (Å²) in [6.45, 7) is 9.39. The Morgan fingerprint density at radius 2 is 1.61 bits per heavy atom. The quantitative estimate of drug-likeness (QED) is 0.778. The first-order valence-corrected chi connectivity index (χ1v) is 5.99. The van der Waals surface area contributed by atoms with E-state index in [4.69, 9.17) is 9.31 Å². The molecule has 1 fully saturated rings. The number of benzene rings is 1. The lowest BCUT2D eigenvalue weighted by atomic mass is 9.78. The summed E-state index contributed by atoms with van der Waals surface area (Å²) in [5.74, 6) is -0.977. The molecule has 1 aromatic rings. The molecule has 1 aliphatic heterocycles. The fourth-order valence-electron chi connectivity index (χ4n) is 1.89. The average Bonchev–Trinajstić information content (AvgIpc) is 2.44. The number of hydrogen-bond donors (Lipinski definition) is 1. The summed E-state index contributed by atoms with van der Waals surface area (Å²) < 4.78 is 25.1. The summed E-state index contributed by atoms with van der Waals surface area (Å²) in [6.07, 6.45) is 0. The molecule has 0 amide bonds. The SMILES string of the molecule is Cc1cc(B2OC(C)(C)C(C)(C)O2)cc(O)c1F. The van der Waals surface area contributed by atoms with Crippen LogP contribution in [-0.2, 0) is 9.31 Å². The standard InChI is InChI=1S/C13H18BFO3/c1-8-6-9(7-10(16)11(8)15)14-17-12(2,3)13(4,5)18-14/h6-7,16H,1-5H3. The lowest BCUT2D eigenvalue weighted by molar-refractivity contribution is 0.00578. The van der Waals surface area contributed by atoms with Crippen LogP contribution < -0.4 is 5.46 Å². The molecule has 1 saturated heterocycles. The van der Waals surface area contributed by atoms with Gasteiger partial charge in [0.25, 0.3) is 0 Å². The van der Waals surface area contributed by atoms with E-state index in [9.17, 15) is 9.50 Å². The van der Waals surface area contributed by atoms with Gasteiger partial charge in [0.15, 0.2) is 11.6 Å². The van der Waals surface area contributed by atoms with Crippen molar-refractivity contribution in [2.45, 2.75) is 45.8 Å². The highest BCUT2D eigenvalue weighted by atomic mass is 19.1. The average molecular weight is 252 g/mol. The van der Waals surface area contributed by atoms with Crippen molar-refractivity contribution in [3.63, 3.8) is 0 Å². The van der Waals surface area contributed by atoms with Gasteiger partial charge in [-0.1, -0.05) is 6.07 Å². The van der Waals surface area contributed by atoms with Gasteiger partial charge in [0, 0.05) is 0 Å². The van der Waals surface area contributed by atoms with E-state index in [1.54, 1.807) is 13.0 Å². The zero-order valence-corrected chi connectivity index (χ0v) is 11.4. The molecule has 98 valence electrons. The van der Waals surface area contributed by atoms with Crippen molar-refractivity contribution in [3.8, 4) is 5.75 Å². The summed E-state index contributed by atoms with van der Waals surface area (Å²) in [6, 6.07) is 2.99. The highest BCUT2D eigenvalue weighted by molar-refractivity contribution is 6.62. The van der Waals surface area contributed by atoms with Crippen molar-refractivity contribution in [2.75, 3.05) is 0 Å². The van der Waals surface area contributed by atoms with Gasteiger partial charge < -0.3 is 14.4 Å². The van der Waals surface area contributed by atoms with Crippen molar-refractivity contribution < 1.29 is 18.8 Å². The Hall–Kier alpha value is -1.07. The molecular formula is C13H18BFO3. The van der Waals surface area contributed by atoms with Crippen LogP contribution in [-0.4, -0.2) is 23.4 Å². The number of phenolic OH excluding ortho intramolecular Hbond substituents is 1. The molecule has 3 nitrogen and oxygen atoms in total. The second-order valence-electron chi connectivity index (χ2n) is 5.76. The molecule has 1 aliphatic rings. The van der Waals surface area contributed by atoms with E-state index >= 15 is 0 Å². The lowest BCUT2D eigenvalue weighted by Crippen LogP contribution is -2.41. The molecule has 0 saturated carbocycles. The van der Waals surface area contributed by atoms with E-state index in [1.165, 1.54) is 6.07 Å². The van der Waals surface area contributed by atoms with Crippen LogP contribution >= 0.6 is 0 Å². The third-order valence-corrected chi connectivity index (χ3v) is 3.78. The maximum atomic E-state index is 13.4. The molecular weight excluding hydrogens is 234 g/mol. The maximum absolute atomic E-state index is 13.4. The van der Waals surface area contributed by atoms with Crippen LogP contribution in [0.5, 0.6) is 5.75 Å². The number of hydrogen-bond acceptors (Lipinski definition) is 3. The highest BCUT2D eigenvalue weighted by Gasteiger charge is 2.51. The molecule has 18 heavy (non-hydrogen) atoms. The Balaban J connectivity index is 2.36. The molecule has 0 unspecified atom stereocenters. The first kappa shape index (κ1) is 13.4. The predicted octanol–water partition coefficient (Wildman–Crippen LogP) is 2.14. The molecule has 0 spiro atoms. The number of aryl methyl sites for hydroxylation is 1. The van der Waals surface area contributed by atoms with Crippen LogP contribution in [0.25, 0.3) is 0 Å². The van der Waals surface area contributed by atoms with Gasteiger partial charge in [-0.15, -0.1) is 0 Å². The summed E-state index contributed by atoms with van der Waals surface area (Å²) in [7, 11) is -0.583. The van der Waals surface area contributed by atoms with Crippen molar-refractivity contribution >= 4 is 12.6 Å². The van der Waals surface area contributed by atoms with Gasteiger partial charge in [0.2, 0.25) is 0 Å². The Labute approximate surface area is 107 Å². The van der Waals surface area contributed by atoms with E-state index in [1.807, 2.05) is 27.7 Å². The number of phenols is 1. The van der Waals surface area contributed by atoms with Crippen LogP contribution in [0.3, 0.4) is 0 Å². The second kappa shape index (κ2) is 3.97. The van der Waals surface area contributed by atoms with Gasteiger partial charge in [-0.05, 0) is 51.7 Å². The zero-order chi connectivity index (χ0) is 13.7. The lowest BCUT2D eigenvalue weighted by Gasteiger charge is -2.32. The summed E-state index contributed by atoms with van der Waals surface area (Å²) in [5.41, 5.74) is 0.107. The summed E-state index contributed by atoms with van der Waals surface area (Å²) in [4.78, 5) is 0. The van der Waals surface area contributed by atoms with Crippen molar-refractivity contribution in [1.29, 1.82) is 0 Å². The number of halogens is 1. The molecule has 1 N–H and O–H groups in total. The van der Waals surface area contributed by atoms with Gasteiger partial charge in [-0.2, -0.15) is 0 Å². The van der Waals surface area contributed by atoms with Crippen LogP contribution in [0.2, 0.25) is 0 Å². The fraction of sp³-hybridized carbons (Fsp3) is 0.538. The Kier molecular flexibility index (Phi) is 2.95. The normalized spacial score (nSPS) is 21.3. The van der Waals surface area contributed by atoms with Gasteiger partial charge in [-0.25, -0.2) is 4.39 Å². The van der Waals surface area contributed by atoms with E-state index in [0.717, 1.165) is 0 Å². The third kappa shape index (κ3) is 2.02. The molecule has 0 aromatic heterocycles. The van der Waals surface area contributed by atoms with Crippen LogP contribution in [0, 0.1) is 12.7 Å². The predicted molar refractivity (Wildman–Crippen MR) is 68.5 cm³/mol. The monoisotopic (exact) mass is 252 g/mol. The second-order valence-corrected chi connectivity index (χ2v) is 5.76. The van der Waals surface area contributed by atoms with E-state index in [-0.39, 0.29) is 5.75 Å². The molecule has 0 atom stereocenters. The summed E-state index contributed by atoms with van der Waals surface area (Å²) in [5, 5.41) is 9.52. The van der Waals surface area contributed by atoms with E-state index in [0.29, 0.717) is 11.0 Å². The minimum atomic E-state index is -0.602. The van der Waals surface area contributed by atoms with Gasteiger partial charge in [0.05, 0.1) is 11.2 Å². The van der Waals surface area contributed by atoms with Crippen LogP contribution in [0.4, 0.5) is 4.39 Å². The molecule has 5 heteroatoms. The third-order valence-electron chi connectivity index (χ3n) is 3.78. The first-order valence-electron chi connectivity index (χ1n) is 5.99. The molecule has 2 rings (SSSR count). The topological polar surface area (TPSA) is 38.7 Å². The number of aromatic hydroxyl groups is 1. The molecule has 0 bridgehead atoms. The van der Waals surface area contributed by atoms with Gasteiger partial charge in [-0.3, -0.25) is 0 Å². The molecule has 1 heterocycles. The fourth-order valence-corrected chi connectivity index (χ4v) is 1.89. The molecule has 0 aliphatic carbocycles. The van der Waals surface area contributed by atoms with E-state index in [2.05, 4.69) is 0 Å². The minimum Gasteiger partial charge on any atom is -0.505 e. The smallest absolute Gasteiger partial charge is 0.494 e. The van der Waals surface area contributed by atoms with Crippen molar-refractivity contribution in [1.82, 2.24) is 0 Å². The Morgan fingerprint density at radius 1 is 1.11 bits per heavy atom. The largest absolute Gasteiger partial charge is 0.505 e. The Bertz CT molecular complexity index is 446. The van der Waals surface area contributed by atoms with Crippen LogP contribution in [0.1, 0.15) is 33.3 Å². The molecule has 1 aromatic carbocycles. The first-order chi connectivity index (χ1) is 8.14. The number of rotatable bonds is 1. The van der Waals surface area contributed by atoms with Crippen molar-refractivity contribution in [3.05, 3.63) is 23.5 Å². The minimum absolute atomic E-state index is 0.375. The van der Waals surface area contributed by atoms with Gasteiger partial charge in [0.1, 0.15) is 0 Å². The summed E-state index contributed by atoms with van der Waals surface area (Å²) >= 11 is 0. The maximum Gasteiger partial charge on any atom is 0.494 e. The highest BCUT2D eigenvalue weighted by Crippen LogP contribution is 2.36. The van der Waals surface area contributed by atoms with Crippen LogP contribution in [0.15, 0.2) is 12.1 Å². The van der Waals surface area contributed by atoms with Crippen molar-refractivity contribution in [2.24, 2.45) is 0 Å². The van der Waals surface area contributed by atoms with Gasteiger partial charge >= 0.3 is 7.12 Å².